The SMILES string of the molecule is CC1(C)CN(CC(=O)O)C1=O. The molecule has 1 N–H and O–H groups in total. The smallest absolute Gasteiger partial charge is 0.323 e. The van der Waals surface area contributed by atoms with Gasteiger partial charge in [-0.15, -0.1) is 0 Å². The fraction of sp³-hybridized carbons (Fsp3) is 0.714. The third-order valence-electron chi connectivity index (χ3n) is 1.78. The Bertz CT molecular complexity index is 210. The van der Waals surface area contributed by atoms with Gasteiger partial charge < -0.3 is 10.0 Å². The normalized spacial score (nSPS) is 21.3. The van der Waals surface area contributed by atoms with Crippen molar-refractivity contribution in [2.75, 3.05) is 13.1 Å². The molecule has 0 aromatic carbocycles. The Kier molecular flexibility index (Phi) is 1.62. The number of hydrogen-bond donors (Lipinski definition) is 1. The van der Waals surface area contributed by atoms with Crippen molar-refractivity contribution < 1.29 is 14.7 Å². The molecule has 0 unspecified atom stereocenters. The molecule has 1 amide bonds. The summed E-state index contributed by atoms with van der Waals surface area (Å²) >= 11 is 0. The Morgan fingerprint density at radius 3 is 2.55 bits per heavy atom. The average Bonchev–Trinajstić information content (AvgIpc) is 1.85. The summed E-state index contributed by atoms with van der Waals surface area (Å²) in [5.74, 6) is -1.02. The molecular formula is C7H11NO3. The molecule has 0 spiro atoms. The van der Waals surface area contributed by atoms with E-state index < -0.39 is 5.97 Å². The van der Waals surface area contributed by atoms with E-state index in [1.165, 1.54) is 4.90 Å². The van der Waals surface area contributed by atoms with Crippen molar-refractivity contribution in [2.45, 2.75) is 13.8 Å². The van der Waals surface area contributed by atoms with E-state index in [9.17, 15) is 9.59 Å². The summed E-state index contributed by atoms with van der Waals surface area (Å²) in [6.45, 7) is 4.02. The van der Waals surface area contributed by atoms with Crippen molar-refractivity contribution in [1.82, 2.24) is 4.90 Å². The van der Waals surface area contributed by atoms with Gasteiger partial charge in [0.15, 0.2) is 0 Å². The van der Waals surface area contributed by atoms with E-state index in [4.69, 9.17) is 5.11 Å². The molecule has 1 saturated heterocycles. The fourth-order valence-electron chi connectivity index (χ4n) is 1.24. The number of rotatable bonds is 2. The van der Waals surface area contributed by atoms with Gasteiger partial charge in [-0.25, -0.2) is 0 Å². The van der Waals surface area contributed by atoms with E-state index in [0.717, 1.165) is 0 Å². The predicted octanol–water partition coefficient (Wildman–Crippen LogP) is -0.0606. The molecule has 1 aliphatic rings. The van der Waals surface area contributed by atoms with Crippen molar-refractivity contribution >= 4 is 11.9 Å². The molecule has 1 aliphatic heterocycles. The van der Waals surface area contributed by atoms with E-state index in [2.05, 4.69) is 0 Å². The van der Waals surface area contributed by atoms with E-state index in [1.54, 1.807) is 0 Å². The Balaban J connectivity index is 2.46. The third kappa shape index (κ3) is 1.34. The molecular weight excluding hydrogens is 146 g/mol. The molecule has 1 rings (SSSR count). The Morgan fingerprint density at radius 1 is 1.73 bits per heavy atom. The highest BCUT2D eigenvalue weighted by Crippen LogP contribution is 2.29. The molecule has 4 heteroatoms. The molecule has 0 radical (unpaired) electrons. The van der Waals surface area contributed by atoms with Crippen LogP contribution in [0.3, 0.4) is 0 Å². The number of carbonyl (C=O) groups excluding carboxylic acids is 1. The number of carbonyl (C=O) groups is 2. The number of amides is 1. The van der Waals surface area contributed by atoms with Gasteiger partial charge in [-0.05, 0) is 13.8 Å². The molecule has 0 aromatic rings. The first-order valence-electron chi connectivity index (χ1n) is 3.45. The number of aliphatic carboxylic acids is 1. The van der Waals surface area contributed by atoms with Crippen molar-refractivity contribution in [1.29, 1.82) is 0 Å². The van der Waals surface area contributed by atoms with Gasteiger partial charge in [-0.2, -0.15) is 0 Å². The molecule has 0 saturated carbocycles. The van der Waals surface area contributed by atoms with Crippen LogP contribution < -0.4 is 0 Å². The number of nitrogens with zero attached hydrogens (tertiary/aromatic N) is 1. The van der Waals surface area contributed by atoms with Gasteiger partial charge in [0.25, 0.3) is 0 Å². The minimum Gasteiger partial charge on any atom is -0.480 e. The zero-order chi connectivity index (χ0) is 8.65. The molecule has 1 heterocycles. The maximum absolute atomic E-state index is 11.1. The fourth-order valence-corrected chi connectivity index (χ4v) is 1.24. The zero-order valence-electron chi connectivity index (χ0n) is 6.63. The van der Waals surface area contributed by atoms with Crippen LogP contribution in [0.1, 0.15) is 13.8 Å². The van der Waals surface area contributed by atoms with Crippen molar-refractivity contribution in [3.63, 3.8) is 0 Å². The highest BCUT2D eigenvalue weighted by atomic mass is 16.4. The standard InChI is InChI=1S/C7H11NO3/c1-7(2)4-8(6(7)11)3-5(9)10/h3-4H2,1-2H3,(H,9,10). The molecule has 1 fully saturated rings. The van der Waals surface area contributed by atoms with Crippen LogP contribution in [0.5, 0.6) is 0 Å². The minimum atomic E-state index is -0.950. The van der Waals surface area contributed by atoms with E-state index in [-0.39, 0.29) is 17.9 Å². The van der Waals surface area contributed by atoms with Gasteiger partial charge >= 0.3 is 5.97 Å². The highest BCUT2D eigenvalue weighted by molar-refractivity contribution is 5.90. The number of carboxylic acids is 1. The van der Waals surface area contributed by atoms with Gasteiger partial charge in [-0.3, -0.25) is 9.59 Å². The van der Waals surface area contributed by atoms with Gasteiger partial charge in [-0.1, -0.05) is 0 Å². The number of likely N-dealkylation sites (tertiary alicyclic amines) is 1. The summed E-state index contributed by atoms with van der Waals surface area (Å²) in [6, 6.07) is 0. The van der Waals surface area contributed by atoms with Crippen LogP contribution in [0.2, 0.25) is 0 Å². The Labute approximate surface area is 64.8 Å². The van der Waals surface area contributed by atoms with Crippen LogP contribution in [0.15, 0.2) is 0 Å². The summed E-state index contributed by atoms with van der Waals surface area (Å²) in [5.41, 5.74) is -0.338. The topological polar surface area (TPSA) is 57.6 Å². The van der Waals surface area contributed by atoms with Crippen LogP contribution in [0, 0.1) is 5.41 Å². The van der Waals surface area contributed by atoms with Crippen LogP contribution in [-0.2, 0) is 9.59 Å². The second kappa shape index (κ2) is 2.22. The summed E-state index contributed by atoms with van der Waals surface area (Å²) < 4.78 is 0. The van der Waals surface area contributed by atoms with Crippen molar-refractivity contribution in [3.8, 4) is 0 Å². The van der Waals surface area contributed by atoms with E-state index in [1.807, 2.05) is 13.8 Å². The Morgan fingerprint density at radius 2 is 2.27 bits per heavy atom. The summed E-state index contributed by atoms with van der Waals surface area (Å²) in [5, 5.41) is 8.34. The number of β-lactam (4-membered cyclic amide) rings is 1. The van der Waals surface area contributed by atoms with Crippen molar-refractivity contribution in [3.05, 3.63) is 0 Å². The van der Waals surface area contributed by atoms with E-state index in [0.29, 0.717) is 6.54 Å². The van der Waals surface area contributed by atoms with Gasteiger partial charge in [0.05, 0.1) is 5.41 Å². The van der Waals surface area contributed by atoms with E-state index >= 15 is 0 Å². The molecule has 11 heavy (non-hydrogen) atoms. The monoisotopic (exact) mass is 157 g/mol. The van der Waals surface area contributed by atoms with Crippen molar-refractivity contribution in [2.24, 2.45) is 5.41 Å². The van der Waals surface area contributed by atoms with Gasteiger partial charge in [0.1, 0.15) is 6.54 Å². The predicted molar refractivity (Wildman–Crippen MR) is 38.0 cm³/mol. The maximum atomic E-state index is 11.1. The van der Waals surface area contributed by atoms with Crippen LogP contribution in [0.4, 0.5) is 0 Å². The molecule has 62 valence electrons. The number of carboxylic acid groups (broad SMARTS) is 1. The lowest BCUT2D eigenvalue weighted by Gasteiger charge is -2.43. The zero-order valence-corrected chi connectivity index (χ0v) is 6.63. The molecule has 0 aliphatic carbocycles. The first-order chi connectivity index (χ1) is 4.93. The summed E-state index contributed by atoms with van der Waals surface area (Å²) in [7, 11) is 0. The molecule has 4 nitrogen and oxygen atoms in total. The lowest BCUT2D eigenvalue weighted by atomic mass is 9.83. The van der Waals surface area contributed by atoms with Crippen LogP contribution >= 0.6 is 0 Å². The third-order valence-corrected chi connectivity index (χ3v) is 1.78. The first kappa shape index (κ1) is 8.04. The quantitative estimate of drug-likeness (QED) is 0.571. The lowest BCUT2D eigenvalue weighted by Crippen LogP contribution is -2.59. The lowest BCUT2D eigenvalue weighted by molar-refractivity contribution is -0.162. The summed E-state index contributed by atoms with van der Waals surface area (Å²) in [6.07, 6.45) is 0. The summed E-state index contributed by atoms with van der Waals surface area (Å²) in [4.78, 5) is 22.6. The Hall–Kier alpha value is -1.06. The molecule has 0 atom stereocenters. The van der Waals surface area contributed by atoms with Crippen LogP contribution in [-0.4, -0.2) is 35.0 Å². The first-order valence-corrected chi connectivity index (χ1v) is 3.45. The van der Waals surface area contributed by atoms with Gasteiger partial charge in [0.2, 0.25) is 5.91 Å². The maximum Gasteiger partial charge on any atom is 0.323 e. The second-order valence-corrected chi connectivity index (χ2v) is 3.44. The number of hydrogen-bond acceptors (Lipinski definition) is 2. The van der Waals surface area contributed by atoms with Crippen LogP contribution in [0.25, 0.3) is 0 Å². The minimum absolute atomic E-state index is 0.0695. The van der Waals surface area contributed by atoms with Gasteiger partial charge in [0, 0.05) is 6.54 Å². The second-order valence-electron chi connectivity index (χ2n) is 3.44. The highest BCUT2D eigenvalue weighted by Gasteiger charge is 2.44. The average molecular weight is 157 g/mol. The molecule has 0 bridgehead atoms. The molecule has 0 aromatic heterocycles. The largest absolute Gasteiger partial charge is 0.480 e.